The van der Waals surface area contributed by atoms with Gasteiger partial charge in [-0.25, -0.2) is 0 Å². The van der Waals surface area contributed by atoms with Gasteiger partial charge in [0.25, 0.3) is 0 Å². The first kappa shape index (κ1) is 23.2. The normalized spacial score (nSPS) is 11.7. The average Bonchev–Trinajstić information content (AvgIpc) is 2.63. The molecule has 0 spiro atoms. The fourth-order valence-electron chi connectivity index (χ4n) is 2.32. The summed E-state index contributed by atoms with van der Waals surface area (Å²) in [5.41, 5.74) is 0. The van der Waals surface area contributed by atoms with Crippen LogP contribution in [0.15, 0.2) is 99.6 Å². The molecule has 0 radical (unpaired) electrons. The lowest BCUT2D eigenvalue weighted by atomic mass is 10.4. The van der Waals surface area contributed by atoms with Gasteiger partial charge in [0, 0.05) is 5.02 Å². The van der Waals surface area contributed by atoms with Gasteiger partial charge < -0.3 is 0 Å². The maximum atomic E-state index is 10.8. The predicted molar refractivity (Wildman–Crippen MR) is 103 cm³/mol. The van der Waals surface area contributed by atoms with Crippen LogP contribution in [0.5, 0.6) is 0 Å². The van der Waals surface area contributed by atoms with Crippen LogP contribution in [-0.4, -0.2) is 12.4 Å². The summed E-state index contributed by atoms with van der Waals surface area (Å²) in [6.07, 6.45) is -13.0. The van der Waals surface area contributed by atoms with Gasteiger partial charge in [-0.1, -0.05) is 48.0 Å². The topological polar surface area (TPSA) is 0 Å². The van der Waals surface area contributed by atoms with Gasteiger partial charge >= 0.3 is 12.4 Å². The summed E-state index contributed by atoms with van der Waals surface area (Å²) in [4.78, 5) is 3.92. The number of hydrogen-bond donors (Lipinski definition) is 0. The van der Waals surface area contributed by atoms with Crippen LogP contribution in [0.4, 0.5) is 26.3 Å². The van der Waals surface area contributed by atoms with Crippen LogP contribution in [0.3, 0.4) is 0 Å². The van der Waals surface area contributed by atoms with Gasteiger partial charge in [-0.05, 0) is 48.5 Å². The molecule has 0 aliphatic rings. The maximum Gasteiger partial charge on any atom is 0.397 e. The van der Waals surface area contributed by atoms with E-state index in [1.807, 2.05) is 12.1 Å². The van der Waals surface area contributed by atoms with Crippen molar-refractivity contribution in [1.29, 1.82) is 0 Å². The van der Waals surface area contributed by atoms with Crippen molar-refractivity contribution in [3.63, 3.8) is 0 Å². The third-order valence-corrected chi connectivity index (χ3v) is 5.89. The average molecular weight is 450 g/mol. The molecule has 154 valence electrons. The van der Waals surface area contributed by atoms with Crippen LogP contribution in [0.25, 0.3) is 0 Å². The maximum absolute atomic E-state index is 10.8. The van der Waals surface area contributed by atoms with E-state index in [-0.39, 0.29) is 10.9 Å². The lowest BCUT2D eigenvalue weighted by molar-refractivity contribution is -0.232. The molecule has 0 unspecified atom stereocenters. The fourth-order valence-corrected chi connectivity index (χ4v) is 4.53. The first-order valence-corrected chi connectivity index (χ1v) is 9.89. The van der Waals surface area contributed by atoms with E-state index in [2.05, 4.69) is 72.8 Å². The Bertz CT molecular complexity index is 810. The summed E-state index contributed by atoms with van der Waals surface area (Å²) in [5, 5.41) is 0.776. The molecule has 3 rings (SSSR count). The molecule has 3 aromatic rings. The molecule has 29 heavy (non-hydrogen) atoms. The lowest BCUT2D eigenvalue weighted by Crippen LogP contribution is -2.20. The second kappa shape index (κ2) is 10.1. The number of hydrogen-bond acceptors (Lipinski definition) is 0. The molecule has 0 saturated carbocycles. The van der Waals surface area contributed by atoms with Gasteiger partial charge in [-0.3, -0.25) is 0 Å². The second-order valence-corrected chi connectivity index (χ2v) is 8.26. The highest BCUT2D eigenvalue weighted by Crippen LogP contribution is 2.32. The van der Waals surface area contributed by atoms with Gasteiger partial charge in [0.2, 0.25) is 0 Å². The molecule has 0 aliphatic carbocycles. The molecule has 0 amide bonds. The van der Waals surface area contributed by atoms with E-state index in [9.17, 15) is 26.3 Å². The molecule has 3 aromatic carbocycles. The Hall–Kier alpha value is -2.12. The number of alkyl halides is 6. The van der Waals surface area contributed by atoms with Gasteiger partial charge in [0.1, 0.15) is 6.42 Å². The van der Waals surface area contributed by atoms with Gasteiger partial charge in [0.15, 0.2) is 14.7 Å². The highest BCUT2D eigenvalue weighted by atomic mass is 35.5. The Morgan fingerprint density at radius 3 is 1.21 bits per heavy atom. The van der Waals surface area contributed by atoms with Gasteiger partial charge in [0.05, 0.1) is 10.9 Å². The van der Waals surface area contributed by atoms with Crippen LogP contribution >= 0.6 is 11.6 Å². The molecule has 0 bridgehead atoms. The molecule has 0 heterocycles. The Morgan fingerprint density at radius 2 is 0.897 bits per heavy atom. The van der Waals surface area contributed by atoms with Crippen LogP contribution in [0.2, 0.25) is 5.02 Å². The molecule has 0 atom stereocenters. The van der Waals surface area contributed by atoms with E-state index in [1.54, 1.807) is 0 Å². The summed E-state index contributed by atoms with van der Waals surface area (Å²) >= 11 is 6.01. The van der Waals surface area contributed by atoms with E-state index in [4.69, 9.17) is 11.6 Å². The zero-order valence-corrected chi connectivity index (χ0v) is 16.4. The lowest BCUT2D eigenvalue weighted by Gasteiger charge is -2.08. The van der Waals surface area contributed by atoms with Crippen LogP contribution in [-0.2, 0) is 10.9 Å². The summed E-state index contributed by atoms with van der Waals surface area (Å²) in [5.74, 6) is 0. The summed E-state index contributed by atoms with van der Waals surface area (Å²) in [6, 6.07) is 29.4. The van der Waals surface area contributed by atoms with Crippen molar-refractivity contribution in [2.24, 2.45) is 0 Å². The third-order valence-electron chi connectivity index (χ3n) is 3.41. The molecule has 0 aromatic heterocycles. The molecule has 0 aliphatic heterocycles. The quantitative estimate of drug-likeness (QED) is 0.281. The molecular weight excluding hydrogens is 434 g/mol. The van der Waals surface area contributed by atoms with E-state index >= 15 is 0 Å². The van der Waals surface area contributed by atoms with Crippen LogP contribution in [0.1, 0.15) is 6.42 Å². The van der Waals surface area contributed by atoms with Gasteiger partial charge in [-0.2, -0.15) is 26.3 Å². The minimum absolute atomic E-state index is 0.0815. The minimum Gasteiger partial charge on any atom is -0.171 e. The van der Waals surface area contributed by atoms with E-state index < -0.39 is 18.8 Å². The van der Waals surface area contributed by atoms with Crippen molar-refractivity contribution >= 4 is 22.5 Å². The summed E-state index contributed by atoms with van der Waals surface area (Å²) in [7, 11) is -0.0815. The zero-order chi connectivity index (χ0) is 21.5. The van der Waals surface area contributed by atoms with Crippen LogP contribution < -0.4 is 0 Å². The van der Waals surface area contributed by atoms with E-state index in [0.29, 0.717) is 0 Å². The molecular formula is C21H16ClF6S+. The minimum atomic E-state index is -5.14. The number of halogens is 7. The van der Waals surface area contributed by atoms with Crippen molar-refractivity contribution < 1.29 is 26.3 Å². The third kappa shape index (κ3) is 8.41. The SMILES string of the molecule is Clc1ccc([S+](c2ccccc2)c2ccccc2)cc1.FC(F)(F)CC(F)(F)F. The Balaban J connectivity index is 0.000000284. The largest absolute Gasteiger partial charge is 0.397 e. The van der Waals surface area contributed by atoms with E-state index in [0.717, 1.165) is 5.02 Å². The second-order valence-electron chi connectivity index (χ2n) is 5.79. The summed E-state index contributed by atoms with van der Waals surface area (Å²) < 4.78 is 65.0. The van der Waals surface area contributed by atoms with Crippen molar-refractivity contribution in [2.75, 3.05) is 0 Å². The molecule has 0 saturated heterocycles. The smallest absolute Gasteiger partial charge is 0.171 e. The molecule has 8 heteroatoms. The summed E-state index contributed by atoms with van der Waals surface area (Å²) in [6.45, 7) is 0. The zero-order valence-electron chi connectivity index (χ0n) is 14.8. The molecule has 0 fully saturated rings. The first-order valence-electron chi connectivity index (χ1n) is 8.29. The van der Waals surface area contributed by atoms with Crippen LogP contribution in [0, 0.1) is 0 Å². The Morgan fingerprint density at radius 1 is 0.552 bits per heavy atom. The molecule has 0 nitrogen and oxygen atoms in total. The number of benzene rings is 3. The van der Waals surface area contributed by atoms with E-state index in [1.165, 1.54) is 14.7 Å². The monoisotopic (exact) mass is 449 g/mol. The van der Waals surface area contributed by atoms with Crippen molar-refractivity contribution in [2.45, 2.75) is 33.5 Å². The Labute approximate surface area is 172 Å². The van der Waals surface area contributed by atoms with Gasteiger partial charge in [-0.15, -0.1) is 0 Å². The highest BCUT2D eigenvalue weighted by Gasteiger charge is 2.43. The first-order chi connectivity index (χ1) is 13.6. The van der Waals surface area contributed by atoms with Crippen molar-refractivity contribution in [1.82, 2.24) is 0 Å². The highest BCUT2D eigenvalue weighted by molar-refractivity contribution is 7.97. The van der Waals surface area contributed by atoms with Crippen molar-refractivity contribution in [3.05, 3.63) is 90.0 Å². The van der Waals surface area contributed by atoms with Crippen molar-refractivity contribution in [3.8, 4) is 0 Å². The predicted octanol–water partition coefficient (Wildman–Crippen LogP) is 7.94. The molecule has 0 N–H and O–H groups in total. The number of rotatable bonds is 3. The Kier molecular flexibility index (Phi) is 8.05. The standard InChI is InChI=1S/C18H14ClS.C3H2F6/c19-15-11-13-18(14-12-15)20(16-7-3-1-4-8-16)17-9-5-2-6-10-17;4-2(5,6)1-3(7,8)9/h1-14H;1H2/q+1;. The fraction of sp³-hybridized carbons (Fsp3) is 0.143.